The second kappa shape index (κ2) is 17.1. The largest absolute Gasteiger partial charge is 0.481 e. The van der Waals surface area contributed by atoms with Crippen molar-refractivity contribution < 1.29 is 37.1 Å². The molecule has 1 aliphatic heterocycles. The van der Waals surface area contributed by atoms with Crippen molar-refractivity contribution in [2.75, 3.05) is 45.7 Å². The van der Waals surface area contributed by atoms with Gasteiger partial charge in [0.2, 0.25) is 23.6 Å². The fourth-order valence-electron chi connectivity index (χ4n) is 6.64. The normalized spacial score (nSPS) is 18.4. The van der Waals surface area contributed by atoms with Crippen molar-refractivity contribution in [1.29, 1.82) is 0 Å². The van der Waals surface area contributed by atoms with Gasteiger partial charge in [-0.3, -0.25) is 19.2 Å². The fraction of sp³-hybridized carbons (Fsp3) is 0.583. The van der Waals surface area contributed by atoms with E-state index in [-0.39, 0.29) is 35.7 Å². The van der Waals surface area contributed by atoms with Crippen LogP contribution in [0.25, 0.3) is 0 Å². The Hall–Kier alpha value is -4.20. The number of anilines is 1. The third-order valence-electron chi connectivity index (χ3n) is 10.1. The number of methoxy groups -OCH3 is 1. The topological polar surface area (TPSA) is 133 Å². The van der Waals surface area contributed by atoms with Crippen LogP contribution in [0.4, 0.5) is 18.9 Å². The second-order valence-corrected chi connectivity index (χ2v) is 13.4. The van der Waals surface area contributed by atoms with E-state index in [9.17, 15) is 19.2 Å². The number of nitrogens with zero attached hydrogens (tertiary/aromatic N) is 3. The van der Waals surface area contributed by atoms with E-state index in [4.69, 9.17) is 4.74 Å². The molecule has 2 fully saturated rings. The van der Waals surface area contributed by atoms with Crippen LogP contribution in [0.15, 0.2) is 36.5 Å². The molecule has 2 aliphatic rings. The molecule has 14 heteroatoms. The number of rotatable bonds is 13. The summed E-state index contributed by atoms with van der Waals surface area (Å²) in [5, 5.41) is 7.57. The molecule has 4 rings (SSSR count). The highest BCUT2D eigenvalue weighted by atomic mass is 19.3. The maximum Gasteiger partial charge on any atom is 0.351 e. The molecular weight excluding hydrogens is 653 g/mol. The smallest absolute Gasteiger partial charge is 0.351 e. The summed E-state index contributed by atoms with van der Waals surface area (Å²) in [6, 6.07) is 3.97. The molecule has 1 saturated carbocycles. The molecule has 2 heterocycles. The van der Waals surface area contributed by atoms with Gasteiger partial charge in [-0.15, -0.1) is 0 Å². The number of piperazine rings is 1. The van der Waals surface area contributed by atoms with Gasteiger partial charge < -0.3 is 30.5 Å². The Bertz CT molecular complexity index is 1500. The van der Waals surface area contributed by atoms with E-state index in [0.717, 1.165) is 44.4 Å². The van der Waals surface area contributed by atoms with Crippen LogP contribution in [-0.4, -0.2) is 90.8 Å². The van der Waals surface area contributed by atoms with Gasteiger partial charge in [0, 0.05) is 56.3 Å². The summed E-state index contributed by atoms with van der Waals surface area (Å²) >= 11 is 0. The number of pyridine rings is 1. The number of halogens is 3. The van der Waals surface area contributed by atoms with Gasteiger partial charge in [0.05, 0.1) is 12.8 Å². The molecule has 50 heavy (non-hydrogen) atoms. The third-order valence-corrected chi connectivity index (χ3v) is 10.1. The Kier molecular flexibility index (Phi) is 13.2. The number of likely N-dealkylation sites (N-methyl/N-ethyl adjacent to an activating group) is 1. The number of amides is 4. The van der Waals surface area contributed by atoms with E-state index in [1.165, 1.54) is 25.3 Å². The summed E-state index contributed by atoms with van der Waals surface area (Å²) in [6.45, 7) is 7.51. The molecule has 4 unspecified atom stereocenters. The molecule has 0 bridgehead atoms. The number of aromatic nitrogens is 1. The lowest BCUT2D eigenvalue weighted by molar-refractivity contribution is -0.149. The van der Waals surface area contributed by atoms with Gasteiger partial charge in [-0.05, 0) is 42.6 Å². The van der Waals surface area contributed by atoms with Crippen LogP contribution in [0.3, 0.4) is 0 Å². The van der Waals surface area contributed by atoms with Gasteiger partial charge in [0.15, 0.2) is 0 Å². The van der Waals surface area contributed by atoms with E-state index in [1.54, 1.807) is 31.7 Å². The lowest BCUT2D eigenvalue weighted by atomic mass is 9.77. The number of hydrogen-bond acceptors (Lipinski definition) is 7. The maximum atomic E-state index is 15.7. The van der Waals surface area contributed by atoms with Crippen LogP contribution in [0.5, 0.6) is 5.88 Å². The highest BCUT2D eigenvalue weighted by Gasteiger charge is 2.45. The summed E-state index contributed by atoms with van der Waals surface area (Å²) in [7, 11) is 3.30. The number of hydrogen-bond donors (Lipinski definition) is 3. The standard InChI is InChI=1S/C36H49F3N6O5/c1-6-29(46)42-32(34(48)45-18-16-44(4)17-19-45)23(3)25-12-14-28(27(37)20-25)41-33(47)31(22(2)24-10-8-7-9-11-24)43-35(49)36(38,39)26-13-15-30(50-5)40-21-26/h12-15,20-24,31-32H,6-11,16-19H2,1-5H3,(H,41,47)(H,42,46)(H,43,49). The Morgan fingerprint density at radius 3 is 2.24 bits per heavy atom. The first-order chi connectivity index (χ1) is 23.8. The van der Waals surface area contributed by atoms with Crippen LogP contribution in [-0.2, 0) is 25.1 Å². The van der Waals surface area contributed by atoms with Gasteiger partial charge in [0.1, 0.15) is 17.9 Å². The predicted octanol–water partition coefficient (Wildman–Crippen LogP) is 4.43. The number of nitrogens with one attached hydrogen (secondary N) is 3. The van der Waals surface area contributed by atoms with E-state index >= 15 is 13.2 Å². The molecule has 1 saturated heterocycles. The zero-order valence-electron chi connectivity index (χ0n) is 29.4. The van der Waals surface area contributed by atoms with E-state index < -0.39 is 53.0 Å². The zero-order chi connectivity index (χ0) is 36.6. The summed E-state index contributed by atoms with van der Waals surface area (Å²) in [5.41, 5.74) is -0.472. The summed E-state index contributed by atoms with van der Waals surface area (Å²) in [5.74, 6) is -9.00. The lowest BCUT2D eigenvalue weighted by Gasteiger charge is -2.36. The van der Waals surface area contributed by atoms with Crippen LogP contribution in [0, 0.1) is 17.7 Å². The highest BCUT2D eigenvalue weighted by molar-refractivity contribution is 5.98. The van der Waals surface area contributed by atoms with Crippen LogP contribution >= 0.6 is 0 Å². The van der Waals surface area contributed by atoms with Gasteiger partial charge in [-0.1, -0.05) is 58.9 Å². The Labute approximate surface area is 291 Å². The van der Waals surface area contributed by atoms with Gasteiger partial charge in [-0.25, -0.2) is 9.37 Å². The average molecular weight is 703 g/mol. The van der Waals surface area contributed by atoms with Crippen LogP contribution in [0.2, 0.25) is 0 Å². The average Bonchev–Trinajstić information content (AvgIpc) is 3.13. The number of alkyl halides is 2. The van der Waals surface area contributed by atoms with Crippen molar-refractivity contribution in [3.05, 3.63) is 53.5 Å². The van der Waals surface area contributed by atoms with Crippen LogP contribution in [0.1, 0.15) is 76.3 Å². The molecule has 274 valence electrons. The molecule has 11 nitrogen and oxygen atoms in total. The van der Waals surface area contributed by atoms with Gasteiger partial charge in [-0.2, -0.15) is 8.78 Å². The number of carbonyl (C=O) groups is 4. The molecule has 0 spiro atoms. The third kappa shape index (κ3) is 9.32. The van der Waals surface area contributed by atoms with Crippen molar-refractivity contribution in [3.8, 4) is 5.88 Å². The van der Waals surface area contributed by atoms with Gasteiger partial charge in [0.25, 0.3) is 5.91 Å². The van der Waals surface area contributed by atoms with Crippen molar-refractivity contribution in [1.82, 2.24) is 25.4 Å². The van der Waals surface area contributed by atoms with Crippen LogP contribution < -0.4 is 20.7 Å². The van der Waals surface area contributed by atoms with E-state index in [1.807, 2.05) is 7.05 Å². The van der Waals surface area contributed by atoms with Gasteiger partial charge >= 0.3 is 5.92 Å². The molecule has 4 atom stereocenters. The minimum atomic E-state index is -4.02. The highest BCUT2D eigenvalue weighted by Crippen LogP contribution is 2.34. The fourth-order valence-corrected chi connectivity index (χ4v) is 6.64. The predicted molar refractivity (Wildman–Crippen MR) is 182 cm³/mol. The second-order valence-electron chi connectivity index (χ2n) is 13.4. The van der Waals surface area contributed by atoms with E-state index in [0.29, 0.717) is 31.7 Å². The minimum Gasteiger partial charge on any atom is -0.481 e. The van der Waals surface area contributed by atoms with E-state index in [2.05, 4.69) is 25.8 Å². The monoisotopic (exact) mass is 702 g/mol. The molecule has 3 N–H and O–H groups in total. The Morgan fingerprint density at radius 1 is 0.980 bits per heavy atom. The molecule has 1 aromatic carbocycles. The summed E-state index contributed by atoms with van der Waals surface area (Å²) in [6.07, 6.45) is 5.39. The maximum absolute atomic E-state index is 15.7. The summed E-state index contributed by atoms with van der Waals surface area (Å²) in [4.78, 5) is 60.4. The SMILES string of the molecule is CCC(=O)NC(C(=O)N1CCN(C)CC1)C(C)c1ccc(NC(=O)C(NC(=O)C(F)(F)c2ccc(OC)nc2)C(C)C2CCCCC2)c(F)c1. The Morgan fingerprint density at radius 2 is 1.66 bits per heavy atom. The first-order valence-electron chi connectivity index (χ1n) is 17.3. The molecule has 1 aliphatic carbocycles. The molecule has 1 aromatic heterocycles. The first-order valence-corrected chi connectivity index (χ1v) is 17.3. The summed E-state index contributed by atoms with van der Waals surface area (Å²) < 4.78 is 51.3. The van der Waals surface area contributed by atoms with Crippen molar-refractivity contribution in [2.45, 2.75) is 83.2 Å². The van der Waals surface area contributed by atoms with Crippen molar-refractivity contribution >= 4 is 29.3 Å². The quantitative estimate of drug-likeness (QED) is 0.281. The van der Waals surface area contributed by atoms with Crippen molar-refractivity contribution in [2.24, 2.45) is 11.8 Å². The number of benzene rings is 1. The zero-order valence-corrected chi connectivity index (χ0v) is 29.4. The number of ether oxygens (including phenoxy) is 1. The van der Waals surface area contributed by atoms with Crippen molar-refractivity contribution in [3.63, 3.8) is 0 Å². The Balaban J connectivity index is 1.55. The molecule has 0 radical (unpaired) electrons. The first kappa shape index (κ1) is 38.6. The lowest BCUT2D eigenvalue weighted by Crippen LogP contribution is -2.55. The minimum absolute atomic E-state index is 0.0164. The molecular formula is C36H49F3N6O5. The molecule has 2 aromatic rings. The number of carbonyl (C=O) groups excluding carboxylic acids is 4. The molecule has 4 amide bonds.